The van der Waals surface area contributed by atoms with Gasteiger partial charge in [0.2, 0.25) is 0 Å². The maximum atomic E-state index is 12.0. The van der Waals surface area contributed by atoms with E-state index in [0.29, 0.717) is 19.6 Å². The van der Waals surface area contributed by atoms with E-state index in [-0.39, 0.29) is 12.1 Å². The van der Waals surface area contributed by atoms with Gasteiger partial charge in [-0.1, -0.05) is 0 Å². The Morgan fingerprint density at radius 1 is 1.61 bits per heavy atom. The molecular weight excluding hydrogens is 232 g/mol. The molecule has 0 unspecified atom stereocenters. The Labute approximate surface area is 107 Å². The lowest BCUT2D eigenvalue weighted by atomic mass is 10.2. The van der Waals surface area contributed by atoms with Gasteiger partial charge in [-0.2, -0.15) is 0 Å². The average molecular weight is 252 g/mol. The van der Waals surface area contributed by atoms with Crippen LogP contribution in [0, 0.1) is 0 Å². The second-order valence-electron chi connectivity index (χ2n) is 4.41. The van der Waals surface area contributed by atoms with Crippen molar-refractivity contribution < 1.29 is 13.9 Å². The van der Waals surface area contributed by atoms with Crippen LogP contribution in [0.25, 0.3) is 0 Å². The van der Waals surface area contributed by atoms with E-state index in [2.05, 4.69) is 5.32 Å². The topological polar surface area (TPSA) is 54.7 Å². The number of rotatable bonds is 5. The summed E-state index contributed by atoms with van der Waals surface area (Å²) in [6.45, 7) is 4.57. The molecule has 1 aliphatic heterocycles. The predicted octanol–water partition coefficient (Wildman–Crippen LogP) is 1.99. The molecule has 5 heteroatoms. The quantitative estimate of drug-likeness (QED) is 0.872. The summed E-state index contributed by atoms with van der Waals surface area (Å²) in [6, 6.07) is 3.59. The first-order valence-electron chi connectivity index (χ1n) is 6.46. The molecular formula is C13H20N2O3. The highest BCUT2D eigenvalue weighted by molar-refractivity contribution is 5.74. The van der Waals surface area contributed by atoms with E-state index in [9.17, 15) is 4.79 Å². The molecule has 0 bridgehead atoms. The number of nitrogens with one attached hydrogen (secondary N) is 1. The minimum atomic E-state index is -0.0654. The third kappa shape index (κ3) is 3.50. The Kier molecular flexibility index (Phi) is 4.64. The summed E-state index contributed by atoms with van der Waals surface area (Å²) < 4.78 is 10.7. The first kappa shape index (κ1) is 13.0. The highest BCUT2D eigenvalue weighted by Gasteiger charge is 2.21. The lowest BCUT2D eigenvalue weighted by Gasteiger charge is -2.24. The summed E-state index contributed by atoms with van der Waals surface area (Å²) in [6.07, 6.45) is 3.93. The number of likely N-dealkylation sites (N-methyl/N-ethyl adjacent to an activating group) is 1. The Morgan fingerprint density at radius 3 is 3.11 bits per heavy atom. The van der Waals surface area contributed by atoms with E-state index in [1.807, 2.05) is 19.1 Å². The highest BCUT2D eigenvalue weighted by atomic mass is 16.5. The van der Waals surface area contributed by atoms with Crippen molar-refractivity contribution in [3.05, 3.63) is 24.2 Å². The van der Waals surface area contributed by atoms with E-state index in [4.69, 9.17) is 9.15 Å². The molecule has 100 valence electrons. The van der Waals surface area contributed by atoms with E-state index in [1.165, 1.54) is 0 Å². The fraction of sp³-hybridized carbons (Fsp3) is 0.615. The highest BCUT2D eigenvalue weighted by Crippen LogP contribution is 2.13. The van der Waals surface area contributed by atoms with Gasteiger partial charge in [0.25, 0.3) is 0 Å². The maximum absolute atomic E-state index is 12.0. The van der Waals surface area contributed by atoms with Crippen LogP contribution in [0.15, 0.2) is 22.8 Å². The minimum Gasteiger partial charge on any atom is -0.467 e. The molecule has 0 saturated carbocycles. The largest absolute Gasteiger partial charge is 0.467 e. The van der Waals surface area contributed by atoms with Crippen molar-refractivity contribution in [3.63, 3.8) is 0 Å². The Balaban J connectivity index is 1.77. The van der Waals surface area contributed by atoms with Gasteiger partial charge in [0, 0.05) is 19.7 Å². The van der Waals surface area contributed by atoms with E-state index < -0.39 is 0 Å². The van der Waals surface area contributed by atoms with Gasteiger partial charge in [-0.25, -0.2) is 4.79 Å². The molecule has 1 aromatic rings. The van der Waals surface area contributed by atoms with E-state index >= 15 is 0 Å². The van der Waals surface area contributed by atoms with Crippen LogP contribution in [0.4, 0.5) is 4.79 Å². The second-order valence-corrected chi connectivity index (χ2v) is 4.41. The molecule has 1 fully saturated rings. The molecule has 1 atom stereocenters. The fourth-order valence-corrected chi connectivity index (χ4v) is 2.08. The van der Waals surface area contributed by atoms with Crippen molar-refractivity contribution in [2.75, 3.05) is 19.7 Å². The van der Waals surface area contributed by atoms with Gasteiger partial charge in [-0.3, -0.25) is 0 Å². The Morgan fingerprint density at radius 2 is 2.50 bits per heavy atom. The Bertz CT molecular complexity index is 358. The first-order chi connectivity index (χ1) is 8.79. The summed E-state index contributed by atoms with van der Waals surface area (Å²) in [7, 11) is 0. The average Bonchev–Trinajstić information content (AvgIpc) is 3.06. The number of amides is 2. The summed E-state index contributed by atoms with van der Waals surface area (Å²) in [4.78, 5) is 13.8. The molecule has 1 saturated heterocycles. The number of urea groups is 1. The van der Waals surface area contributed by atoms with Crippen molar-refractivity contribution in [2.45, 2.75) is 32.4 Å². The molecule has 1 aliphatic rings. The molecule has 2 rings (SSSR count). The van der Waals surface area contributed by atoms with Crippen LogP contribution in [0.1, 0.15) is 25.5 Å². The molecule has 0 aliphatic carbocycles. The van der Waals surface area contributed by atoms with Gasteiger partial charge in [-0.05, 0) is 31.9 Å². The molecule has 0 radical (unpaired) electrons. The standard InChI is InChI=1S/C13H20N2O3/c1-2-15(10-12-6-4-8-18-12)13(16)14-9-11-5-3-7-17-11/h3,5,7,12H,2,4,6,8-10H2,1H3,(H,14,16)/t12-/m1/s1. The molecule has 0 aromatic carbocycles. The number of ether oxygens (including phenoxy) is 1. The molecule has 5 nitrogen and oxygen atoms in total. The lowest BCUT2D eigenvalue weighted by molar-refractivity contribution is 0.0825. The normalized spacial score (nSPS) is 18.8. The number of carbonyl (C=O) groups is 1. The van der Waals surface area contributed by atoms with E-state index in [0.717, 1.165) is 25.2 Å². The number of furan rings is 1. The van der Waals surface area contributed by atoms with Crippen LogP contribution in [-0.2, 0) is 11.3 Å². The van der Waals surface area contributed by atoms with Crippen molar-refractivity contribution in [3.8, 4) is 0 Å². The number of nitrogens with zero attached hydrogens (tertiary/aromatic N) is 1. The smallest absolute Gasteiger partial charge is 0.317 e. The van der Waals surface area contributed by atoms with Crippen LogP contribution in [0.3, 0.4) is 0 Å². The fourth-order valence-electron chi connectivity index (χ4n) is 2.08. The molecule has 1 N–H and O–H groups in total. The van der Waals surface area contributed by atoms with Crippen LogP contribution in [-0.4, -0.2) is 36.7 Å². The zero-order valence-electron chi connectivity index (χ0n) is 10.7. The number of hydrogen-bond acceptors (Lipinski definition) is 3. The summed E-state index contributed by atoms with van der Waals surface area (Å²) in [5.74, 6) is 0.761. The zero-order chi connectivity index (χ0) is 12.8. The van der Waals surface area contributed by atoms with Gasteiger partial charge in [-0.15, -0.1) is 0 Å². The van der Waals surface area contributed by atoms with Crippen molar-refractivity contribution >= 4 is 6.03 Å². The third-order valence-electron chi connectivity index (χ3n) is 3.11. The van der Waals surface area contributed by atoms with Crippen molar-refractivity contribution in [2.24, 2.45) is 0 Å². The van der Waals surface area contributed by atoms with Gasteiger partial charge in [0.1, 0.15) is 5.76 Å². The lowest BCUT2D eigenvalue weighted by Crippen LogP contribution is -2.43. The molecule has 18 heavy (non-hydrogen) atoms. The van der Waals surface area contributed by atoms with Crippen LogP contribution >= 0.6 is 0 Å². The SMILES string of the molecule is CCN(C[C@H]1CCCO1)C(=O)NCc1ccco1. The monoisotopic (exact) mass is 252 g/mol. The number of hydrogen-bond donors (Lipinski definition) is 1. The minimum absolute atomic E-state index is 0.0654. The summed E-state index contributed by atoms with van der Waals surface area (Å²) in [5.41, 5.74) is 0. The van der Waals surface area contributed by atoms with E-state index in [1.54, 1.807) is 11.2 Å². The van der Waals surface area contributed by atoms with Crippen molar-refractivity contribution in [1.82, 2.24) is 10.2 Å². The molecule has 2 heterocycles. The predicted molar refractivity (Wildman–Crippen MR) is 67.2 cm³/mol. The molecule has 2 amide bonds. The first-order valence-corrected chi connectivity index (χ1v) is 6.46. The van der Waals surface area contributed by atoms with Gasteiger partial charge < -0.3 is 19.4 Å². The van der Waals surface area contributed by atoms with Gasteiger partial charge in [0.15, 0.2) is 0 Å². The van der Waals surface area contributed by atoms with Gasteiger partial charge >= 0.3 is 6.03 Å². The summed E-state index contributed by atoms with van der Waals surface area (Å²) >= 11 is 0. The molecule has 0 spiro atoms. The van der Waals surface area contributed by atoms with Crippen LogP contribution in [0.2, 0.25) is 0 Å². The number of carbonyl (C=O) groups excluding carboxylic acids is 1. The maximum Gasteiger partial charge on any atom is 0.317 e. The second kappa shape index (κ2) is 6.44. The Hall–Kier alpha value is -1.49. The van der Waals surface area contributed by atoms with Gasteiger partial charge in [0.05, 0.1) is 18.9 Å². The van der Waals surface area contributed by atoms with Crippen LogP contribution in [0.5, 0.6) is 0 Å². The zero-order valence-corrected chi connectivity index (χ0v) is 10.7. The summed E-state index contributed by atoms with van der Waals surface area (Å²) in [5, 5.41) is 2.85. The van der Waals surface area contributed by atoms with Crippen LogP contribution < -0.4 is 5.32 Å². The third-order valence-corrected chi connectivity index (χ3v) is 3.11. The van der Waals surface area contributed by atoms with Crippen molar-refractivity contribution in [1.29, 1.82) is 0 Å². The molecule has 1 aromatic heterocycles.